The topological polar surface area (TPSA) is 107 Å². The van der Waals surface area contributed by atoms with Crippen molar-refractivity contribution in [3.05, 3.63) is 28.3 Å². The number of carbonyl (C=O) groups excluding carboxylic acids is 1. The molecule has 17 heavy (non-hydrogen) atoms. The number of nitrogens with one attached hydrogen (secondary N) is 1. The Labute approximate surface area is 97.7 Å². The number of nitrogens with zero attached hydrogens (tertiary/aromatic N) is 1. The molecule has 7 heteroatoms. The SMILES string of the molecule is COc1ccc([N+](=O)[O-])cc1NC(=O)[C@@H](C)N. The first-order chi connectivity index (χ1) is 7.95. The van der Waals surface area contributed by atoms with Gasteiger partial charge in [-0.2, -0.15) is 0 Å². The Balaban J connectivity index is 3.06. The second kappa shape index (κ2) is 5.26. The van der Waals surface area contributed by atoms with Crippen LogP contribution in [0.5, 0.6) is 5.75 Å². The Morgan fingerprint density at radius 3 is 2.71 bits per heavy atom. The molecule has 92 valence electrons. The summed E-state index contributed by atoms with van der Waals surface area (Å²) in [6.07, 6.45) is 0. The molecule has 3 N–H and O–H groups in total. The van der Waals surface area contributed by atoms with E-state index in [1.54, 1.807) is 0 Å². The van der Waals surface area contributed by atoms with E-state index in [9.17, 15) is 14.9 Å². The smallest absolute Gasteiger partial charge is 0.271 e. The van der Waals surface area contributed by atoms with Crippen LogP contribution in [0.2, 0.25) is 0 Å². The first-order valence-electron chi connectivity index (χ1n) is 4.84. The Bertz CT molecular complexity index is 445. The number of nitro groups is 1. The Hall–Kier alpha value is -2.15. The van der Waals surface area contributed by atoms with Crippen LogP contribution in [0.25, 0.3) is 0 Å². The van der Waals surface area contributed by atoms with Crippen LogP contribution in [-0.4, -0.2) is 24.0 Å². The largest absolute Gasteiger partial charge is 0.495 e. The third-order valence-corrected chi connectivity index (χ3v) is 2.07. The van der Waals surface area contributed by atoms with Gasteiger partial charge in [-0.3, -0.25) is 14.9 Å². The first kappa shape index (κ1) is 12.9. The summed E-state index contributed by atoms with van der Waals surface area (Å²) in [7, 11) is 1.41. The van der Waals surface area contributed by atoms with E-state index in [0.29, 0.717) is 5.75 Å². The third kappa shape index (κ3) is 3.15. The predicted molar refractivity (Wildman–Crippen MR) is 61.9 cm³/mol. The fourth-order valence-electron chi connectivity index (χ4n) is 1.15. The summed E-state index contributed by atoms with van der Waals surface area (Å²) in [6, 6.07) is 3.22. The molecule has 1 amide bonds. The molecule has 1 aromatic carbocycles. The molecule has 0 unspecified atom stereocenters. The van der Waals surface area contributed by atoms with Gasteiger partial charge in [0.1, 0.15) is 5.75 Å². The van der Waals surface area contributed by atoms with Crippen LogP contribution in [0.15, 0.2) is 18.2 Å². The average molecular weight is 239 g/mol. The van der Waals surface area contributed by atoms with E-state index in [2.05, 4.69) is 5.32 Å². The average Bonchev–Trinajstić information content (AvgIpc) is 2.28. The number of rotatable bonds is 4. The second-order valence-electron chi connectivity index (χ2n) is 3.42. The number of methoxy groups -OCH3 is 1. The van der Waals surface area contributed by atoms with E-state index < -0.39 is 16.9 Å². The number of ether oxygens (including phenoxy) is 1. The van der Waals surface area contributed by atoms with E-state index in [4.69, 9.17) is 10.5 Å². The monoisotopic (exact) mass is 239 g/mol. The molecule has 0 aromatic heterocycles. The van der Waals surface area contributed by atoms with Crippen molar-refractivity contribution < 1.29 is 14.5 Å². The summed E-state index contributed by atoms with van der Waals surface area (Å²) < 4.78 is 4.98. The normalized spacial score (nSPS) is 11.7. The number of benzene rings is 1. The summed E-state index contributed by atoms with van der Waals surface area (Å²) in [6.45, 7) is 1.51. The fraction of sp³-hybridized carbons (Fsp3) is 0.300. The molecule has 1 aromatic rings. The zero-order valence-electron chi connectivity index (χ0n) is 9.47. The minimum atomic E-state index is -0.709. The van der Waals surface area contributed by atoms with Crippen LogP contribution in [-0.2, 0) is 4.79 Å². The highest BCUT2D eigenvalue weighted by Crippen LogP contribution is 2.28. The molecule has 1 rings (SSSR count). The highest BCUT2D eigenvalue weighted by Gasteiger charge is 2.15. The van der Waals surface area contributed by atoms with Gasteiger partial charge in [0.25, 0.3) is 5.69 Å². The number of nitro benzene ring substituents is 1. The number of non-ortho nitro benzene ring substituents is 1. The van der Waals surface area contributed by atoms with Gasteiger partial charge in [-0.05, 0) is 13.0 Å². The summed E-state index contributed by atoms with van der Waals surface area (Å²) in [5.41, 5.74) is 5.48. The van der Waals surface area contributed by atoms with Crippen molar-refractivity contribution >= 4 is 17.3 Å². The molecule has 0 spiro atoms. The zero-order chi connectivity index (χ0) is 13.0. The minimum absolute atomic E-state index is 0.134. The number of anilines is 1. The quantitative estimate of drug-likeness (QED) is 0.599. The van der Waals surface area contributed by atoms with E-state index in [0.717, 1.165) is 0 Å². The number of hydrogen-bond acceptors (Lipinski definition) is 5. The van der Waals surface area contributed by atoms with Crippen molar-refractivity contribution in [3.8, 4) is 5.75 Å². The highest BCUT2D eigenvalue weighted by molar-refractivity contribution is 5.96. The van der Waals surface area contributed by atoms with Crippen molar-refractivity contribution in [1.82, 2.24) is 0 Å². The first-order valence-corrected chi connectivity index (χ1v) is 4.84. The van der Waals surface area contributed by atoms with Gasteiger partial charge >= 0.3 is 0 Å². The molecule has 0 saturated heterocycles. The van der Waals surface area contributed by atoms with Crippen molar-refractivity contribution in [2.75, 3.05) is 12.4 Å². The number of hydrogen-bond donors (Lipinski definition) is 2. The van der Waals surface area contributed by atoms with Crippen LogP contribution < -0.4 is 15.8 Å². The van der Waals surface area contributed by atoms with E-state index in [1.807, 2.05) is 0 Å². The van der Waals surface area contributed by atoms with E-state index in [-0.39, 0.29) is 11.4 Å². The van der Waals surface area contributed by atoms with E-state index in [1.165, 1.54) is 32.2 Å². The summed E-state index contributed by atoms with van der Waals surface area (Å²) in [4.78, 5) is 21.4. The highest BCUT2D eigenvalue weighted by atomic mass is 16.6. The fourth-order valence-corrected chi connectivity index (χ4v) is 1.15. The lowest BCUT2D eigenvalue weighted by Crippen LogP contribution is -2.32. The van der Waals surface area contributed by atoms with Crippen molar-refractivity contribution in [2.45, 2.75) is 13.0 Å². The minimum Gasteiger partial charge on any atom is -0.495 e. The van der Waals surface area contributed by atoms with Crippen LogP contribution >= 0.6 is 0 Å². The predicted octanol–water partition coefficient (Wildman–Crippen LogP) is 0.889. The van der Waals surface area contributed by atoms with Gasteiger partial charge in [0, 0.05) is 12.1 Å². The maximum atomic E-state index is 11.4. The van der Waals surface area contributed by atoms with Crippen LogP contribution in [0.4, 0.5) is 11.4 Å². The summed E-state index contributed by atoms with van der Waals surface area (Å²) >= 11 is 0. The van der Waals surface area contributed by atoms with Crippen LogP contribution in [0.1, 0.15) is 6.92 Å². The molecule has 0 aliphatic rings. The van der Waals surface area contributed by atoms with Crippen molar-refractivity contribution in [3.63, 3.8) is 0 Å². The molecule has 0 aliphatic heterocycles. The van der Waals surface area contributed by atoms with Crippen LogP contribution in [0.3, 0.4) is 0 Å². The summed E-state index contributed by atoms with van der Waals surface area (Å²) in [5, 5.41) is 13.1. The number of amides is 1. The molecule has 0 radical (unpaired) electrons. The molecular formula is C10H13N3O4. The van der Waals surface area contributed by atoms with Gasteiger partial charge in [-0.15, -0.1) is 0 Å². The Kier molecular flexibility index (Phi) is 4.00. The van der Waals surface area contributed by atoms with Gasteiger partial charge in [0.05, 0.1) is 23.8 Å². The molecule has 0 bridgehead atoms. The second-order valence-corrected chi connectivity index (χ2v) is 3.42. The van der Waals surface area contributed by atoms with Gasteiger partial charge in [0.2, 0.25) is 5.91 Å². The summed E-state index contributed by atoms with van der Waals surface area (Å²) in [5.74, 6) is -0.103. The lowest BCUT2D eigenvalue weighted by Gasteiger charge is -2.11. The maximum absolute atomic E-state index is 11.4. The molecular weight excluding hydrogens is 226 g/mol. The lowest BCUT2D eigenvalue weighted by atomic mass is 10.2. The molecule has 0 aliphatic carbocycles. The van der Waals surface area contributed by atoms with Crippen molar-refractivity contribution in [1.29, 1.82) is 0 Å². The number of nitrogens with two attached hydrogens (primary N) is 1. The number of carbonyl (C=O) groups is 1. The van der Waals surface area contributed by atoms with Crippen molar-refractivity contribution in [2.24, 2.45) is 5.73 Å². The van der Waals surface area contributed by atoms with Gasteiger partial charge < -0.3 is 15.8 Å². The zero-order valence-corrected chi connectivity index (χ0v) is 9.47. The lowest BCUT2D eigenvalue weighted by molar-refractivity contribution is -0.384. The Morgan fingerprint density at radius 1 is 1.59 bits per heavy atom. The molecule has 0 saturated carbocycles. The maximum Gasteiger partial charge on any atom is 0.271 e. The molecule has 1 atom stereocenters. The molecule has 7 nitrogen and oxygen atoms in total. The van der Waals surface area contributed by atoms with Gasteiger partial charge in [-0.25, -0.2) is 0 Å². The van der Waals surface area contributed by atoms with Gasteiger partial charge in [-0.1, -0.05) is 0 Å². The van der Waals surface area contributed by atoms with Crippen LogP contribution in [0, 0.1) is 10.1 Å². The van der Waals surface area contributed by atoms with E-state index >= 15 is 0 Å². The molecule has 0 heterocycles. The third-order valence-electron chi connectivity index (χ3n) is 2.07. The van der Waals surface area contributed by atoms with Gasteiger partial charge in [0.15, 0.2) is 0 Å². The Morgan fingerprint density at radius 2 is 2.24 bits per heavy atom. The standard InChI is InChI=1S/C10H13N3O4/c1-6(11)10(14)12-8-5-7(13(15)16)3-4-9(8)17-2/h3-6H,11H2,1-2H3,(H,12,14)/t6-/m1/s1. The molecule has 0 fully saturated rings.